The Morgan fingerprint density at radius 1 is 1.39 bits per heavy atom. The van der Waals surface area contributed by atoms with Crippen molar-refractivity contribution < 1.29 is 9.53 Å². The Morgan fingerprint density at radius 3 is 2.78 bits per heavy atom. The van der Waals surface area contributed by atoms with E-state index in [1.54, 1.807) is 12.4 Å². The number of hydrogen-bond donors (Lipinski definition) is 0. The van der Waals surface area contributed by atoms with E-state index in [2.05, 4.69) is 4.98 Å². The first-order chi connectivity index (χ1) is 8.65. The summed E-state index contributed by atoms with van der Waals surface area (Å²) in [5.74, 6) is 0.387. The van der Waals surface area contributed by atoms with E-state index in [-0.39, 0.29) is 11.9 Å². The lowest BCUT2D eigenvalue weighted by atomic mass is 10.0. The Bertz CT molecular complexity index is 556. The molecule has 1 aromatic carbocycles. The highest BCUT2D eigenvalue weighted by Crippen LogP contribution is 2.21. The number of fused-ring (bicyclic) bond motifs is 1. The molecule has 0 saturated heterocycles. The van der Waals surface area contributed by atoms with E-state index in [0.29, 0.717) is 5.75 Å². The fourth-order valence-corrected chi connectivity index (χ4v) is 2.00. The van der Waals surface area contributed by atoms with Gasteiger partial charge in [-0.2, -0.15) is 0 Å². The minimum Gasteiger partial charge on any atom is -0.426 e. The number of rotatable bonds is 4. The molecule has 2 rings (SSSR count). The summed E-state index contributed by atoms with van der Waals surface area (Å²) in [5, 5.41) is 0. The van der Waals surface area contributed by atoms with Gasteiger partial charge in [-0.1, -0.05) is 13.8 Å². The van der Waals surface area contributed by atoms with E-state index >= 15 is 0 Å². The third kappa shape index (κ3) is 2.37. The second-order valence-corrected chi connectivity index (χ2v) is 4.44. The number of aromatic nitrogens is 2. The normalized spacial score (nSPS) is 11.1. The molecule has 0 amide bonds. The van der Waals surface area contributed by atoms with Crippen LogP contribution in [-0.2, 0) is 11.8 Å². The number of carbonyl (C=O) groups is 1. The van der Waals surface area contributed by atoms with Crippen LogP contribution in [0.1, 0.15) is 26.7 Å². The molecule has 1 heterocycles. The molecule has 2 aromatic rings. The average molecular weight is 246 g/mol. The second kappa shape index (κ2) is 5.21. The minimum absolute atomic E-state index is 0.0237. The van der Waals surface area contributed by atoms with Gasteiger partial charge in [0.15, 0.2) is 0 Å². The molecule has 0 aliphatic rings. The van der Waals surface area contributed by atoms with E-state index in [4.69, 9.17) is 4.74 Å². The molecule has 0 saturated carbocycles. The van der Waals surface area contributed by atoms with Crippen molar-refractivity contribution >= 4 is 17.0 Å². The number of ether oxygens (including phenoxy) is 1. The van der Waals surface area contributed by atoms with Crippen molar-refractivity contribution in [2.45, 2.75) is 26.7 Å². The van der Waals surface area contributed by atoms with Crippen molar-refractivity contribution in [3.8, 4) is 5.75 Å². The van der Waals surface area contributed by atoms with Crippen molar-refractivity contribution in [1.82, 2.24) is 9.55 Å². The molecule has 0 atom stereocenters. The predicted molar refractivity (Wildman–Crippen MR) is 70.4 cm³/mol. The molecule has 4 heteroatoms. The molecule has 0 aliphatic carbocycles. The van der Waals surface area contributed by atoms with Crippen LogP contribution in [0.25, 0.3) is 11.0 Å². The minimum atomic E-state index is -0.157. The topological polar surface area (TPSA) is 44.1 Å². The quantitative estimate of drug-likeness (QED) is 0.615. The van der Waals surface area contributed by atoms with Gasteiger partial charge in [-0.15, -0.1) is 0 Å². The Morgan fingerprint density at radius 2 is 2.11 bits per heavy atom. The highest BCUT2D eigenvalue weighted by molar-refractivity contribution is 5.80. The lowest BCUT2D eigenvalue weighted by Gasteiger charge is -2.11. The SMILES string of the molecule is CCC(CC)C(=O)Oc1ccc2c(c1)ncn2C. The van der Waals surface area contributed by atoms with E-state index in [1.807, 2.05) is 37.6 Å². The molecule has 0 aliphatic heterocycles. The first-order valence-electron chi connectivity index (χ1n) is 6.28. The molecule has 18 heavy (non-hydrogen) atoms. The van der Waals surface area contributed by atoms with Crippen molar-refractivity contribution in [1.29, 1.82) is 0 Å². The fourth-order valence-electron chi connectivity index (χ4n) is 2.00. The van der Waals surface area contributed by atoms with Gasteiger partial charge < -0.3 is 9.30 Å². The van der Waals surface area contributed by atoms with Crippen LogP contribution >= 0.6 is 0 Å². The van der Waals surface area contributed by atoms with Crippen LogP contribution in [0.15, 0.2) is 24.5 Å². The lowest BCUT2D eigenvalue weighted by Crippen LogP contribution is -2.19. The Hall–Kier alpha value is -1.84. The van der Waals surface area contributed by atoms with Crippen LogP contribution in [0, 0.1) is 5.92 Å². The molecule has 0 bridgehead atoms. The standard InChI is InChI=1S/C14H18N2O2/c1-4-10(5-2)14(17)18-11-6-7-13-12(8-11)15-9-16(13)3/h6-10H,4-5H2,1-3H3. The maximum atomic E-state index is 11.9. The van der Waals surface area contributed by atoms with E-state index in [1.165, 1.54) is 0 Å². The maximum Gasteiger partial charge on any atom is 0.314 e. The van der Waals surface area contributed by atoms with Crippen LogP contribution in [0.2, 0.25) is 0 Å². The predicted octanol–water partition coefficient (Wildman–Crippen LogP) is 2.91. The summed E-state index contributed by atoms with van der Waals surface area (Å²) < 4.78 is 7.32. The van der Waals surface area contributed by atoms with Gasteiger partial charge in [0.2, 0.25) is 0 Å². The van der Waals surface area contributed by atoms with Gasteiger partial charge in [-0.3, -0.25) is 4.79 Å². The van der Waals surface area contributed by atoms with Crippen LogP contribution in [0.4, 0.5) is 0 Å². The first kappa shape index (κ1) is 12.6. The summed E-state index contributed by atoms with van der Waals surface area (Å²) in [6.45, 7) is 3.99. The highest BCUT2D eigenvalue weighted by Gasteiger charge is 2.16. The molecule has 4 nitrogen and oxygen atoms in total. The van der Waals surface area contributed by atoms with Gasteiger partial charge in [0.1, 0.15) is 5.75 Å². The average Bonchev–Trinajstić information content (AvgIpc) is 2.72. The molecule has 96 valence electrons. The summed E-state index contributed by atoms with van der Waals surface area (Å²) in [5.41, 5.74) is 1.87. The number of aryl methyl sites for hydroxylation is 1. The summed E-state index contributed by atoms with van der Waals surface area (Å²) in [7, 11) is 1.94. The lowest BCUT2D eigenvalue weighted by molar-refractivity contribution is -0.139. The number of nitrogens with zero attached hydrogens (tertiary/aromatic N) is 2. The molecule has 0 unspecified atom stereocenters. The van der Waals surface area contributed by atoms with Crippen molar-refractivity contribution in [2.24, 2.45) is 13.0 Å². The largest absolute Gasteiger partial charge is 0.426 e. The summed E-state index contributed by atoms with van der Waals surface area (Å²) >= 11 is 0. The molecular weight excluding hydrogens is 228 g/mol. The number of imidazole rings is 1. The zero-order valence-electron chi connectivity index (χ0n) is 11.0. The number of esters is 1. The summed E-state index contributed by atoms with van der Waals surface area (Å²) in [6, 6.07) is 5.53. The number of benzene rings is 1. The Balaban J connectivity index is 2.19. The smallest absolute Gasteiger partial charge is 0.314 e. The fraction of sp³-hybridized carbons (Fsp3) is 0.429. The van der Waals surface area contributed by atoms with Gasteiger partial charge in [0.25, 0.3) is 0 Å². The van der Waals surface area contributed by atoms with Crippen LogP contribution < -0.4 is 4.74 Å². The van der Waals surface area contributed by atoms with Crippen molar-refractivity contribution in [3.05, 3.63) is 24.5 Å². The third-order valence-corrected chi connectivity index (χ3v) is 3.23. The number of hydrogen-bond acceptors (Lipinski definition) is 3. The molecule has 0 spiro atoms. The summed E-state index contributed by atoms with van der Waals surface area (Å²) in [6.07, 6.45) is 3.36. The van der Waals surface area contributed by atoms with E-state index < -0.39 is 0 Å². The van der Waals surface area contributed by atoms with Crippen LogP contribution in [0.5, 0.6) is 5.75 Å². The molecule has 0 N–H and O–H groups in total. The van der Waals surface area contributed by atoms with Gasteiger partial charge in [0, 0.05) is 13.1 Å². The maximum absolute atomic E-state index is 11.9. The zero-order valence-corrected chi connectivity index (χ0v) is 11.0. The van der Waals surface area contributed by atoms with Gasteiger partial charge >= 0.3 is 5.97 Å². The van der Waals surface area contributed by atoms with E-state index in [9.17, 15) is 4.79 Å². The Labute approximate surface area is 107 Å². The van der Waals surface area contributed by atoms with Crippen molar-refractivity contribution in [3.63, 3.8) is 0 Å². The van der Waals surface area contributed by atoms with Gasteiger partial charge in [-0.25, -0.2) is 4.98 Å². The molecule has 0 radical (unpaired) electrons. The zero-order chi connectivity index (χ0) is 13.1. The monoisotopic (exact) mass is 246 g/mol. The highest BCUT2D eigenvalue weighted by atomic mass is 16.5. The second-order valence-electron chi connectivity index (χ2n) is 4.44. The van der Waals surface area contributed by atoms with Gasteiger partial charge in [-0.05, 0) is 25.0 Å². The van der Waals surface area contributed by atoms with Crippen LogP contribution in [0.3, 0.4) is 0 Å². The Kier molecular flexibility index (Phi) is 3.65. The van der Waals surface area contributed by atoms with E-state index in [0.717, 1.165) is 23.9 Å². The first-order valence-corrected chi connectivity index (χ1v) is 6.28. The number of carbonyl (C=O) groups excluding carboxylic acids is 1. The molecule has 1 aromatic heterocycles. The third-order valence-electron chi connectivity index (χ3n) is 3.23. The molecular formula is C14H18N2O2. The van der Waals surface area contributed by atoms with Crippen molar-refractivity contribution in [2.75, 3.05) is 0 Å². The van der Waals surface area contributed by atoms with Gasteiger partial charge in [0.05, 0.1) is 23.3 Å². The van der Waals surface area contributed by atoms with Crippen LogP contribution in [-0.4, -0.2) is 15.5 Å². The molecule has 0 fully saturated rings. The summed E-state index contributed by atoms with van der Waals surface area (Å²) in [4.78, 5) is 16.1.